The van der Waals surface area contributed by atoms with Crippen LogP contribution in [0.1, 0.15) is 10.4 Å². The van der Waals surface area contributed by atoms with E-state index in [2.05, 4.69) is 17.2 Å². The van der Waals surface area contributed by atoms with Crippen LogP contribution in [0.3, 0.4) is 0 Å². The fourth-order valence-corrected chi connectivity index (χ4v) is 2.41. The zero-order valence-corrected chi connectivity index (χ0v) is 13.5. The Balaban J connectivity index is 1.52. The van der Waals surface area contributed by atoms with Gasteiger partial charge in [0.1, 0.15) is 18.2 Å². The van der Waals surface area contributed by atoms with E-state index in [1.54, 1.807) is 6.07 Å². The van der Waals surface area contributed by atoms with Crippen molar-refractivity contribution in [2.45, 2.75) is 0 Å². The number of hydrogen-bond acceptors (Lipinski definition) is 2. The van der Waals surface area contributed by atoms with Crippen LogP contribution in [-0.2, 0) is 0 Å². The Kier molecular flexibility index (Phi) is 5.28. The van der Waals surface area contributed by atoms with Crippen LogP contribution in [0, 0.1) is 17.7 Å². The number of halogens is 1. The topological polar surface area (TPSA) is 38.3 Å². The molecule has 0 aromatic heterocycles. The molecule has 0 aliphatic heterocycles. The van der Waals surface area contributed by atoms with Crippen LogP contribution >= 0.6 is 0 Å². The summed E-state index contributed by atoms with van der Waals surface area (Å²) < 4.78 is 19.2. The highest BCUT2D eigenvalue weighted by Crippen LogP contribution is 2.24. The van der Waals surface area contributed by atoms with Crippen LogP contribution in [0.15, 0.2) is 66.7 Å². The number of hydrogen-bond donors (Lipinski definition) is 1. The van der Waals surface area contributed by atoms with E-state index in [1.165, 1.54) is 18.2 Å². The monoisotopic (exact) mass is 333 g/mol. The minimum Gasteiger partial charge on any atom is -0.480 e. The third kappa shape index (κ3) is 4.15. The van der Waals surface area contributed by atoms with Crippen molar-refractivity contribution in [3.05, 3.63) is 78.1 Å². The third-order valence-corrected chi connectivity index (χ3v) is 3.63. The summed E-state index contributed by atoms with van der Waals surface area (Å²) in [5.74, 6) is 5.37. The molecule has 3 aromatic carbocycles. The number of carbonyl (C=O) groups excluding carboxylic acids is 1. The van der Waals surface area contributed by atoms with Crippen LogP contribution in [0.25, 0.3) is 10.8 Å². The fourth-order valence-electron chi connectivity index (χ4n) is 2.41. The molecule has 0 unspecified atom stereocenters. The number of amides is 1. The first-order valence-electron chi connectivity index (χ1n) is 7.85. The van der Waals surface area contributed by atoms with Crippen molar-refractivity contribution >= 4 is 16.7 Å². The molecule has 25 heavy (non-hydrogen) atoms. The van der Waals surface area contributed by atoms with Gasteiger partial charge in [0.05, 0.1) is 12.1 Å². The molecule has 3 rings (SSSR count). The van der Waals surface area contributed by atoms with Crippen molar-refractivity contribution in [2.75, 3.05) is 13.2 Å². The molecule has 4 heteroatoms. The van der Waals surface area contributed by atoms with Gasteiger partial charge < -0.3 is 10.1 Å². The molecule has 0 fully saturated rings. The second kappa shape index (κ2) is 7.98. The normalized spacial score (nSPS) is 9.96. The molecule has 0 saturated carbocycles. The largest absolute Gasteiger partial charge is 0.480 e. The first-order chi connectivity index (χ1) is 12.3. The van der Waals surface area contributed by atoms with E-state index in [1.807, 2.05) is 42.5 Å². The summed E-state index contributed by atoms with van der Waals surface area (Å²) in [6, 6.07) is 19.6. The van der Waals surface area contributed by atoms with Gasteiger partial charge in [0.2, 0.25) is 0 Å². The predicted octanol–water partition coefficient (Wildman–Crippen LogP) is 3.79. The zero-order valence-electron chi connectivity index (χ0n) is 13.5. The van der Waals surface area contributed by atoms with Crippen molar-refractivity contribution in [3.63, 3.8) is 0 Å². The first kappa shape index (κ1) is 16.5. The molecule has 0 bridgehead atoms. The van der Waals surface area contributed by atoms with Crippen molar-refractivity contribution < 1.29 is 13.9 Å². The van der Waals surface area contributed by atoms with Crippen LogP contribution in [0.2, 0.25) is 0 Å². The summed E-state index contributed by atoms with van der Waals surface area (Å²) in [5.41, 5.74) is 0.0105. The van der Waals surface area contributed by atoms with E-state index >= 15 is 0 Å². The van der Waals surface area contributed by atoms with Crippen LogP contribution in [0.4, 0.5) is 4.39 Å². The van der Waals surface area contributed by atoms with Gasteiger partial charge in [-0.2, -0.15) is 0 Å². The number of ether oxygens (including phenoxy) is 1. The highest BCUT2D eigenvalue weighted by molar-refractivity contribution is 5.94. The quantitative estimate of drug-likeness (QED) is 0.738. The number of fused-ring (bicyclic) bond motifs is 1. The Labute approximate surface area is 145 Å². The Morgan fingerprint density at radius 3 is 2.60 bits per heavy atom. The van der Waals surface area contributed by atoms with Gasteiger partial charge in [-0.15, -0.1) is 0 Å². The highest BCUT2D eigenvalue weighted by atomic mass is 19.1. The molecule has 1 amide bonds. The summed E-state index contributed by atoms with van der Waals surface area (Å²) >= 11 is 0. The fraction of sp³-hybridized carbons (Fsp3) is 0.0952. The van der Waals surface area contributed by atoms with Gasteiger partial charge in [-0.25, -0.2) is 4.39 Å². The predicted molar refractivity (Wildman–Crippen MR) is 96.0 cm³/mol. The zero-order chi connectivity index (χ0) is 17.5. The van der Waals surface area contributed by atoms with Gasteiger partial charge in [0.15, 0.2) is 0 Å². The van der Waals surface area contributed by atoms with E-state index in [0.29, 0.717) is 0 Å². The van der Waals surface area contributed by atoms with Crippen molar-refractivity contribution in [3.8, 4) is 17.6 Å². The molecule has 0 aliphatic rings. The summed E-state index contributed by atoms with van der Waals surface area (Å²) in [5, 5.41) is 4.69. The maximum atomic E-state index is 13.5. The van der Waals surface area contributed by atoms with E-state index < -0.39 is 11.7 Å². The van der Waals surface area contributed by atoms with E-state index in [-0.39, 0.29) is 18.7 Å². The number of nitrogens with one attached hydrogen (secondary N) is 1. The average Bonchev–Trinajstić information content (AvgIpc) is 2.65. The van der Waals surface area contributed by atoms with Crippen LogP contribution in [-0.4, -0.2) is 19.1 Å². The average molecular weight is 333 g/mol. The lowest BCUT2D eigenvalue weighted by atomic mass is 10.1. The Morgan fingerprint density at radius 1 is 0.960 bits per heavy atom. The molecule has 3 nitrogen and oxygen atoms in total. The second-order valence-corrected chi connectivity index (χ2v) is 5.28. The molecular formula is C21H16FNO2. The van der Waals surface area contributed by atoms with Gasteiger partial charge in [-0.05, 0) is 23.6 Å². The van der Waals surface area contributed by atoms with E-state index in [9.17, 15) is 9.18 Å². The van der Waals surface area contributed by atoms with Crippen molar-refractivity contribution in [1.29, 1.82) is 0 Å². The molecule has 0 atom stereocenters. The Morgan fingerprint density at radius 2 is 1.72 bits per heavy atom. The lowest BCUT2D eigenvalue weighted by Gasteiger charge is -2.06. The molecule has 0 saturated heterocycles. The molecule has 0 radical (unpaired) electrons. The number of rotatable bonds is 4. The molecule has 3 aromatic rings. The molecular weight excluding hydrogens is 317 g/mol. The molecule has 124 valence electrons. The minimum atomic E-state index is -0.549. The van der Waals surface area contributed by atoms with Crippen molar-refractivity contribution in [2.24, 2.45) is 0 Å². The van der Waals surface area contributed by atoms with Gasteiger partial charge in [-0.1, -0.05) is 60.4 Å². The molecule has 1 N–H and O–H groups in total. The van der Waals surface area contributed by atoms with Gasteiger partial charge in [-0.3, -0.25) is 4.79 Å². The third-order valence-electron chi connectivity index (χ3n) is 3.63. The number of benzene rings is 3. The summed E-state index contributed by atoms with van der Waals surface area (Å²) in [6.07, 6.45) is 0. The van der Waals surface area contributed by atoms with Crippen LogP contribution in [0.5, 0.6) is 5.75 Å². The SMILES string of the molecule is O=C(NCC#CCOc1cccc2ccccc12)c1ccccc1F. The van der Waals surface area contributed by atoms with Crippen LogP contribution < -0.4 is 10.1 Å². The molecule has 0 spiro atoms. The molecule has 0 heterocycles. The smallest absolute Gasteiger partial charge is 0.255 e. The lowest BCUT2D eigenvalue weighted by Crippen LogP contribution is -2.24. The van der Waals surface area contributed by atoms with E-state index in [0.717, 1.165) is 16.5 Å². The second-order valence-electron chi connectivity index (χ2n) is 5.28. The van der Waals surface area contributed by atoms with Gasteiger partial charge >= 0.3 is 0 Å². The highest BCUT2D eigenvalue weighted by Gasteiger charge is 2.08. The minimum absolute atomic E-state index is 0.0105. The molecule has 0 aliphatic carbocycles. The summed E-state index contributed by atoms with van der Waals surface area (Å²) in [4.78, 5) is 11.8. The standard InChI is InChI=1S/C21H16FNO2/c22-19-12-4-3-11-18(19)21(24)23-14-5-6-15-25-20-13-7-9-16-8-1-2-10-17(16)20/h1-4,7-13H,14-15H2,(H,23,24). The summed E-state index contributed by atoms with van der Waals surface area (Å²) in [7, 11) is 0. The first-order valence-corrected chi connectivity index (χ1v) is 7.85. The lowest BCUT2D eigenvalue weighted by molar-refractivity contribution is 0.0954. The number of carbonyl (C=O) groups is 1. The van der Waals surface area contributed by atoms with Gasteiger partial charge in [0, 0.05) is 5.39 Å². The van der Waals surface area contributed by atoms with Crippen molar-refractivity contribution in [1.82, 2.24) is 5.32 Å². The summed E-state index contributed by atoms with van der Waals surface area (Å²) in [6.45, 7) is 0.343. The van der Waals surface area contributed by atoms with E-state index in [4.69, 9.17) is 4.74 Å². The maximum Gasteiger partial charge on any atom is 0.255 e. The Hall–Kier alpha value is -3.32. The Bertz CT molecular complexity index is 951. The maximum absolute atomic E-state index is 13.5. The van der Waals surface area contributed by atoms with Gasteiger partial charge in [0.25, 0.3) is 5.91 Å².